The first-order valence-electron chi connectivity index (χ1n) is 7.92. The molecule has 0 aliphatic heterocycles. The van der Waals surface area contributed by atoms with Crippen LogP contribution < -0.4 is 5.32 Å². The number of carbonyl (C=O) groups is 2. The number of rotatable bonds is 5. The van der Waals surface area contributed by atoms with Crippen molar-refractivity contribution in [1.82, 2.24) is 4.98 Å². The van der Waals surface area contributed by atoms with Crippen LogP contribution >= 0.6 is 11.6 Å². The van der Waals surface area contributed by atoms with Crippen molar-refractivity contribution < 1.29 is 23.1 Å². The van der Waals surface area contributed by atoms with Gasteiger partial charge in [-0.3, -0.25) is 4.79 Å². The Morgan fingerprint density at radius 2 is 2.07 bits per heavy atom. The molecule has 0 unspecified atom stereocenters. The van der Waals surface area contributed by atoms with E-state index in [9.17, 15) is 14.0 Å². The lowest BCUT2D eigenvalue weighted by Crippen LogP contribution is -2.29. The van der Waals surface area contributed by atoms with E-state index in [0.717, 1.165) is 12.1 Å². The van der Waals surface area contributed by atoms with E-state index in [0.29, 0.717) is 11.1 Å². The van der Waals surface area contributed by atoms with Gasteiger partial charge in [0.2, 0.25) is 5.89 Å². The Kier molecular flexibility index (Phi) is 5.52. The molecule has 1 amide bonds. The second kappa shape index (κ2) is 8.01. The summed E-state index contributed by atoms with van der Waals surface area (Å²) >= 11 is 5.65. The van der Waals surface area contributed by atoms with Gasteiger partial charge in [0, 0.05) is 17.2 Å². The molecule has 0 spiro atoms. The zero-order valence-electron chi connectivity index (χ0n) is 14.1. The fraction of sp³-hybridized carbons (Fsp3) is 0.105. The number of hydrogen-bond donors (Lipinski definition) is 1. The second-order valence-electron chi connectivity index (χ2n) is 5.55. The number of ether oxygens (including phenoxy) is 1. The SMILES string of the molecule is C[C@@H](OC(=O)/C=C/c1nc2ccccc2o1)C(=O)Nc1ccc(Cl)cc1F. The summed E-state index contributed by atoms with van der Waals surface area (Å²) in [6.45, 7) is 1.37. The third-order valence-corrected chi connectivity index (χ3v) is 3.76. The van der Waals surface area contributed by atoms with E-state index in [1.807, 2.05) is 6.07 Å². The van der Waals surface area contributed by atoms with Gasteiger partial charge in [0.05, 0.1) is 5.69 Å². The van der Waals surface area contributed by atoms with Crippen molar-refractivity contribution in [2.45, 2.75) is 13.0 Å². The van der Waals surface area contributed by atoms with Gasteiger partial charge < -0.3 is 14.5 Å². The van der Waals surface area contributed by atoms with Crippen molar-refractivity contribution in [3.05, 3.63) is 65.3 Å². The molecule has 2 aromatic carbocycles. The molecule has 0 radical (unpaired) electrons. The van der Waals surface area contributed by atoms with Gasteiger partial charge in [-0.1, -0.05) is 23.7 Å². The number of aromatic nitrogens is 1. The topological polar surface area (TPSA) is 81.4 Å². The molecule has 0 aliphatic rings. The molecule has 1 atom stereocenters. The summed E-state index contributed by atoms with van der Waals surface area (Å²) in [4.78, 5) is 28.1. The zero-order chi connectivity index (χ0) is 19.4. The van der Waals surface area contributed by atoms with E-state index in [4.69, 9.17) is 20.8 Å². The minimum absolute atomic E-state index is 0.0608. The van der Waals surface area contributed by atoms with Crippen LogP contribution in [0, 0.1) is 5.82 Å². The average Bonchev–Trinajstić information content (AvgIpc) is 3.05. The number of oxazole rings is 1. The Morgan fingerprint density at radius 3 is 2.81 bits per heavy atom. The van der Waals surface area contributed by atoms with E-state index in [2.05, 4.69) is 10.3 Å². The number of amides is 1. The van der Waals surface area contributed by atoms with Crippen molar-refractivity contribution in [2.75, 3.05) is 5.32 Å². The van der Waals surface area contributed by atoms with Crippen LogP contribution in [0.3, 0.4) is 0 Å². The van der Waals surface area contributed by atoms with Crippen molar-refractivity contribution in [3.63, 3.8) is 0 Å². The van der Waals surface area contributed by atoms with Crippen LogP contribution in [0.5, 0.6) is 0 Å². The highest BCUT2D eigenvalue weighted by atomic mass is 35.5. The van der Waals surface area contributed by atoms with Gasteiger partial charge in [-0.25, -0.2) is 14.2 Å². The predicted octanol–water partition coefficient (Wildman–Crippen LogP) is 4.20. The zero-order valence-corrected chi connectivity index (χ0v) is 14.9. The first-order valence-corrected chi connectivity index (χ1v) is 8.30. The van der Waals surface area contributed by atoms with Crippen molar-refractivity contribution in [3.8, 4) is 0 Å². The number of para-hydroxylation sites is 2. The quantitative estimate of drug-likeness (QED) is 0.523. The number of anilines is 1. The van der Waals surface area contributed by atoms with Gasteiger partial charge in [0.1, 0.15) is 11.3 Å². The van der Waals surface area contributed by atoms with Crippen LogP contribution in [0.4, 0.5) is 10.1 Å². The molecule has 0 bridgehead atoms. The average molecular weight is 389 g/mol. The smallest absolute Gasteiger partial charge is 0.331 e. The lowest BCUT2D eigenvalue weighted by Gasteiger charge is -2.12. The molecule has 0 saturated carbocycles. The number of carbonyl (C=O) groups excluding carboxylic acids is 2. The molecular formula is C19H14ClFN2O4. The largest absolute Gasteiger partial charge is 0.449 e. The third-order valence-electron chi connectivity index (χ3n) is 3.52. The Bertz CT molecular complexity index is 998. The summed E-state index contributed by atoms with van der Waals surface area (Å²) < 4.78 is 24.1. The Morgan fingerprint density at radius 1 is 1.30 bits per heavy atom. The molecule has 3 rings (SSSR count). The van der Waals surface area contributed by atoms with Crippen LogP contribution in [0.2, 0.25) is 5.02 Å². The summed E-state index contributed by atoms with van der Waals surface area (Å²) in [6, 6.07) is 11.0. The van der Waals surface area contributed by atoms with E-state index >= 15 is 0 Å². The first-order chi connectivity index (χ1) is 12.9. The fourth-order valence-electron chi connectivity index (χ4n) is 2.19. The molecule has 1 N–H and O–H groups in total. The molecule has 6 nitrogen and oxygen atoms in total. The van der Waals surface area contributed by atoms with E-state index < -0.39 is 23.8 Å². The normalized spacial score (nSPS) is 12.3. The van der Waals surface area contributed by atoms with Crippen molar-refractivity contribution >= 4 is 46.3 Å². The molecule has 1 aromatic heterocycles. The summed E-state index contributed by atoms with van der Waals surface area (Å²) in [5.41, 5.74) is 1.18. The highest BCUT2D eigenvalue weighted by Gasteiger charge is 2.18. The van der Waals surface area contributed by atoms with Crippen molar-refractivity contribution in [1.29, 1.82) is 0 Å². The van der Waals surface area contributed by atoms with Gasteiger partial charge in [0.25, 0.3) is 5.91 Å². The fourth-order valence-corrected chi connectivity index (χ4v) is 2.35. The van der Waals surface area contributed by atoms with Crippen LogP contribution in [0.15, 0.2) is 53.0 Å². The van der Waals surface area contributed by atoms with E-state index in [1.54, 1.807) is 18.2 Å². The molecule has 8 heteroatoms. The lowest BCUT2D eigenvalue weighted by atomic mass is 10.3. The van der Waals surface area contributed by atoms with Crippen LogP contribution in [-0.4, -0.2) is 23.0 Å². The predicted molar refractivity (Wildman–Crippen MR) is 98.6 cm³/mol. The number of esters is 1. The van der Waals surface area contributed by atoms with Crippen LogP contribution in [-0.2, 0) is 14.3 Å². The molecule has 0 saturated heterocycles. The summed E-state index contributed by atoms with van der Waals surface area (Å²) in [5, 5.41) is 2.53. The molecule has 27 heavy (non-hydrogen) atoms. The summed E-state index contributed by atoms with van der Waals surface area (Å²) in [5.74, 6) is -1.91. The van der Waals surface area contributed by atoms with Crippen LogP contribution in [0.25, 0.3) is 17.2 Å². The van der Waals surface area contributed by atoms with Gasteiger partial charge in [0.15, 0.2) is 11.7 Å². The monoisotopic (exact) mass is 388 g/mol. The standard InChI is InChI=1S/C19H14ClFN2O4/c1-11(19(25)23-14-7-6-12(20)10-13(14)21)26-18(24)9-8-17-22-15-4-2-3-5-16(15)27-17/h2-11H,1H3,(H,23,25)/b9-8+/t11-/m1/s1. The second-order valence-corrected chi connectivity index (χ2v) is 5.98. The molecule has 0 fully saturated rings. The number of halogens is 2. The summed E-state index contributed by atoms with van der Waals surface area (Å²) in [7, 11) is 0. The molecule has 1 heterocycles. The van der Waals surface area contributed by atoms with Gasteiger partial charge in [-0.2, -0.15) is 0 Å². The number of benzene rings is 2. The molecule has 138 valence electrons. The Balaban J connectivity index is 1.58. The minimum atomic E-state index is -1.14. The molecule has 0 aliphatic carbocycles. The van der Waals surface area contributed by atoms with E-state index in [1.165, 1.54) is 25.1 Å². The summed E-state index contributed by atoms with van der Waals surface area (Å²) in [6.07, 6.45) is 1.30. The number of fused-ring (bicyclic) bond motifs is 1. The lowest BCUT2D eigenvalue weighted by molar-refractivity contribution is -0.148. The minimum Gasteiger partial charge on any atom is -0.449 e. The third kappa shape index (κ3) is 4.71. The van der Waals surface area contributed by atoms with Gasteiger partial charge in [-0.15, -0.1) is 0 Å². The number of nitrogens with one attached hydrogen (secondary N) is 1. The van der Waals surface area contributed by atoms with Crippen LogP contribution in [0.1, 0.15) is 12.8 Å². The maximum atomic E-state index is 13.7. The van der Waals surface area contributed by atoms with Gasteiger partial charge >= 0.3 is 5.97 Å². The first kappa shape index (κ1) is 18.6. The highest BCUT2D eigenvalue weighted by Crippen LogP contribution is 2.19. The number of nitrogens with zero attached hydrogens (tertiary/aromatic N) is 1. The molecular weight excluding hydrogens is 375 g/mol. The molecule has 3 aromatic rings. The van der Waals surface area contributed by atoms with Gasteiger partial charge in [-0.05, 0) is 37.3 Å². The highest BCUT2D eigenvalue weighted by molar-refractivity contribution is 6.30. The van der Waals surface area contributed by atoms with E-state index in [-0.39, 0.29) is 16.6 Å². The maximum Gasteiger partial charge on any atom is 0.331 e. The van der Waals surface area contributed by atoms with Crippen molar-refractivity contribution in [2.24, 2.45) is 0 Å². The maximum absolute atomic E-state index is 13.7. The Hall–Kier alpha value is -3.19. The Labute approximate surface area is 158 Å². The number of hydrogen-bond acceptors (Lipinski definition) is 5.